The predicted molar refractivity (Wildman–Crippen MR) is 143 cm³/mol. The molecule has 0 radical (unpaired) electrons. The number of carboxylic acid groups (broad SMARTS) is 3. The lowest BCUT2D eigenvalue weighted by Crippen LogP contribution is -2.50. The van der Waals surface area contributed by atoms with Crippen molar-refractivity contribution in [3.63, 3.8) is 0 Å². The summed E-state index contributed by atoms with van der Waals surface area (Å²) in [6.45, 7) is 7.97. The van der Waals surface area contributed by atoms with Gasteiger partial charge in [0.05, 0.1) is 18.9 Å². The van der Waals surface area contributed by atoms with Crippen LogP contribution in [0.25, 0.3) is 0 Å². The molecule has 0 aliphatic carbocycles. The number of alkyl halides is 9. The Morgan fingerprint density at radius 3 is 1.68 bits per heavy atom. The first-order chi connectivity index (χ1) is 21.6. The maximum atomic E-state index is 10.6. The monoisotopic (exact) mass is 694 g/mol. The predicted octanol–water partition coefficient (Wildman–Crippen LogP) is 4.49. The highest BCUT2D eigenvalue weighted by Gasteiger charge is 2.40. The van der Waals surface area contributed by atoms with Crippen LogP contribution >= 0.6 is 0 Å². The van der Waals surface area contributed by atoms with Crippen LogP contribution in [0.1, 0.15) is 24.1 Å². The second-order valence-electron chi connectivity index (χ2n) is 10.2. The molecule has 4 heterocycles. The molecule has 1 unspecified atom stereocenters. The lowest BCUT2D eigenvalue weighted by molar-refractivity contribution is -0.193. The number of aliphatic carboxylic acids is 3. The van der Waals surface area contributed by atoms with E-state index in [4.69, 9.17) is 34.4 Å². The molecule has 1 spiro atoms. The average molecular weight is 695 g/mol. The zero-order valence-electron chi connectivity index (χ0n) is 24.4. The van der Waals surface area contributed by atoms with Gasteiger partial charge in [-0.05, 0) is 49.2 Å². The van der Waals surface area contributed by atoms with Gasteiger partial charge in [-0.3, -0.25) is 19.8 Å². The summed E-state index contributed by atoms with van der Waals surface area (Å²) in [5.41, 5.74) is 2.72. The van der Waals surface area contributed by atoms with Gasteiger partial charge >= 0.3 is 36.4 Å². The molecule has 11 nitrogen and oxygen atoms in total. The minimum Gasteiger partial charge on any atom is -0.475 e. The molecule has 2 saturated heterocycles. The quantitative estimate of drug-likeness (QED) is 0.388. The molecular formula is C27H31F9N4O7. The van der Waals surface area contributed by atoms with E-state index < -0.39 is 36.4 Å². The number of rotatable bonds is 4. The maximum absolute atomic E-state index is 10.6. The fourth-order valence-corrected chi connectivity index (χ4v) is 4.38. The largest absolute Gasteiger partial charge is 0.490 e. The lowest BCUT2D eigenvalue weighted by atomic mass is 9.80. The smallest absolute Gasteiger partial charge is 0.475 e. The van der Waals surface area contributed by atoms with Gasteiger partial charge in [-0.25, -0.2) is 14.4 Å². The molecule has 2 aliphatic heterocycles. The summed E-state index contributed by atoms with van der Waals surface area (Å²) < 4.78 is 101. The Kier molecular flexibility index (Phi) is 16.0. The average Bonchev–Trinajstić information content (AvgIpc) is 3.15. The van der Waals surface area contributed by atoms with Gasteiger partial charge in [-0.1, -0.05) is 6.07 Å². The zero-order chi connectivity index (χ0) is 35.9. The highest BCUT2D eigenvalue weighted by Crippen LogP contribution is 2.34. The Hall–Kier alpha value is -4.04. The van der Waals surface area contributed by atoms with Crippen LogP contribution in [-0.4, -0.2) is 111 Å². The van der Waals surface area contributed by atoms with Crippen molar-refractivity contribution in [2.24, 2.45) is 5.41 Å². The van der Waals surface area contributed by atoms with Gasteiger partial charge in [0, 0.05) is 56.7 Å². The second kappa shape index (κ2) is 18.3. The normalized spacial score (nSPS) is 19.0. The maximum Gasteiger partial charge on any atom is 0.490 e. The third-order valence-corrected chi connectivity index (χ3v) is 6.25. The van der Waals surface area contributed by atoms with Crippen LogP contribution in [0.3, 0.4) is 0 Å². The number of ether oxygens (including phenoxy) is 1. The molecule has 2 aromatic heterocycles. The molecule has 1 atom stereocenters. The Bertz CT molecular complexity index is 1190. The van der Waals surface area contributed by atoms with Crippen LogP contribution in [0.15, 0.2) is 48.9 Å². The molecule has 3 N–H and O–H groups in total. The van der Waals surface area contributed by atoms with Crippen LogP contribution in [0.5, 0.6) is 0 Å². The number of aromatic nitrogens is 2. The summed E-state index contributed by atoms with van der Waals surface area (Å²) in [5.74, 6) is -8.27. The number of piperidine rings is 1. The first-order valence-electron chi connectivity index (χ1n) is 13.4. The second-order valence-corrected chi connectivity index (χ2v) is 10.2. The van der Waals surface area contributed by atoms with E-state index >= 15 is 0 Å². The molecule has 0 aromatic carbocycles. The van der Waals surface area contributed by atoms with Gasteiger partial charge in [0.2, 0.25) is 0 Å². The number of carboxylic acids is 3. The first kappa shape index (κ1) is 41.0. The summed E-state index contributed by atoms with van der Waals surface area (Å²) in [4.78, 5) is 40.5. The summed E-state index contributed by atoms with van der Waals surface area (Å²) in [6.07, 6.45) is -7.10. The summed E-state index contributed by atoms with van der Waals surface area (Å²) in [6, 6.07) is 10.4. The van der Waals surface area contributed by atoms with E-state index in [2.05, 4.69) is 44.0 Å². The molecule has 0 saturated carbocycles. The number of carbonyl (C=O) groups is 3. The van der Waals surface area contributed by atoms with Crippen LogP contribution in [-0.2, 0) is 32.2 Å². The highest BCUT2D eigenvalue weighted by atomic mass is 19.4. The number of hydrogen-bond acceptors (Lipinski definition) is 8. The Morgan fingerprint density at radius 2 is 1.23 bits per heavy atom. The van der Waals surface area contributed by atoms with Crippen molar-refractivity contribution < 1.29 is 74.0 Å². The summed E-state index contributed by atoms with van der Waals surface area (Å²) in [7, 11) is 0. The highest BCUT2D eigenvalue weighted by molar-refractivity contribution is 5.73. The first-order valence-corrected chi connectivity index (χ1v) is 13.4. The molecule has 0 bridgehead atoms. The number of halogens is 9. The van der Waals surface area contributed by atoms with Crippen LogP contribution in [0.4, 0.5) is 39.5 Å². The number of likely N-dealkylation sites (tertiary alicyclic amines) is 1. The fraction of sp³-hybridized carbons (Fsp3) is 0.519. The van der Waals surface area contributed by atoms with E-state index in [1.54, 1.807) is 0 Å². The summed E-state index contributed by atoms with van der Waals surface area (Å²) >= 11 is 0. The van der Waals surface area contributed by atoms with Crippen molar-refractivity contribution in [2.45, 2.75) is 44.5 Å². The third kappa shape index (κ3) is 16.9. The Balaban J connectivity index is 0.000000430. The van der Waals surface area contributed by atoms with Gasteiger partial charge in [0.15, 0.2) is 0 Å². The van der Waals surface area contributed by atoms with E-state index in [-0.39, 0.29) is 5.41 Å². The van der Waals surface area contributed by atoms with Crippen LogP contribution < -0.4 is 0 Å². The SMILES string of the molecule is O=C(O)C(F)(F)F.O=C(O)C(F)(F)F.O=C(O)C(F)(F)F.c1ccc(CN2CCOCC3(CCCN(Cc4ccncc4)C3)C2)nc1. The molecule has 2 fully saturated rings. The molecule has 0 amide bonds. The third-order valence-electron chi connectivity index (χ3n) is 6.25. The van der Waals surface area contributed by atoms with E-state index in [0.29, 0.717) is 0 Å². The van der Waals surface area contributed by atoms with E-state index in [1.165, 1.54) is 24.9 Å². The molecule has 2 aliphatic rings. The molecule has 264 valence electrons. The number of pyridine rings is 2. The molecule has 4 rings (SSSR count). The van der Waals surface area contributed by atoms with Crippen molar-refractivity contribution in [2.75, 3.05) is 39.4 Å². The molecule has 20 heteroatoms. The van der Waals surface area contributed by atoms with Crippen molar-refractivity contribution >= 4 is 17.9 Å². The fourth-order valence-electron chi connectivity index (χ4n) is 4.38. The van der Waals surface area contributed by atoms with Gasteiger partial charge in [-0.2, -0.15) is 39.5 Å². The van der Waals surface area contributed by atoms with Gasteiger partial charge in [0.25, 0.3) is 0 Å². The summed E-state index contributed by atoms with van der Waals surface area (Å²) in [5, 5.41) is 21.4. The van der Waals surface area contributed by atoms with E-state index in [0.717, 1.165) is 51.6 Å². The number of hydrogen-bond donors (Lipinski definition) is 3. The molecule has 2 aromatic rings. The van der Waals surface area contributed by atoms with Crippen molar-refractivity contribution in [1.29, 1.82) is 0 Å². The zero-order valence-corrected chi connectivity index (χ0v) is 24.4. The van der Waals surface area contributed by atoms with Gasteiger partial charge in [0.1, 0.15) is 0 Å². The van der Waals surface area contributed by atoms with Crippen molar-refractivity contribution in [3.8, 4) is 0 Å². The standard InChI is InChI=1S/C21H28N4O.3C2HF3O2/c1-2-8-23-20(4-1)15-25-12-13-26-18-21(17-25)7-3-11-24(16-21)14-19-5-9-22-10-6-19;3*3-2(4,5)1(6)7/h1-2,4-6,8-10H,3,7,11-18H2;3*(H,6,7). The molecular weight excluding hydrogens is 663 g/mol. The van der Waals surface area contributed by atoms with E-state index in [9.17, 15) is 39.5 Å². The van der Waals surface area contributed by atoms with Crippen molar-refractivity contribution in [3.05, 3.63) is 60.2 Å². The van der Waals surface area contributed by atoms with Crippen molar-refractivity contribution in [1.82, 2.24) is 19.8 Å². The number of nitrogens with zero attached hydrogens (tertiary/aromatic N) is 4. The lowest BCUT2D eigenvalue weighted by Gasteiger charge is -2.43. The van der Waals surface area contributed by atoms with Gasteiger partial charge < -0.3 is 20.1 Å². The minimum atomic E-state index is -5.08. The minimum absolute atomic E-state index is 0.233. The Morgan fingerprint density at radius 1 is 0.745 bits per heavy atom. The topological polar surface area (TPSA) is 153 Å². The van der Waals surface area contributed by atoms with Crippen LogP contribution in [0.2, 0.25) is 0 Å². The molecule has 47 heavy (non-hydrogen) atoms. The van der Waals surface area contributed by atoms with E-state index in [1.807, 2.05) is 24.7 Å². The Labute approximate surface area is 261 Å². The van der Waals surface area contributed by atoms with Gasteiger partial charge in [-0.15, -0.1) is 0 Å². The van der Waals surface area contributed by atoms with Crippen LogP contribution in [0, 0.1) is 5.41 Å².